The van der Waals surface area contributed by atoms with Crippen LogP contribution in [0, 0.1) is 0 Å². The second-order valence-electron chi connectivity index (χ2n) is 15.9. The summed E-state index contributed by atoms with van der Waals surface area (Å²) in [6.07, 6.45) is 8.92. The van der Waals surface area contributed by atoms with Crippen molar-refractivity contribution in [1.82, 2.24) is 69.5 Å². The minimum atomic E-state index is -1.33. The van der Waals surface area contributed by atoms with Crippen molar-refractivity contribution in [3.05, 3.63) is 154 Å². The molecule has 0 atom stereocenters. The maximum Gasteiger partial charge on any atom is 1.00 e. The Morgan fingerprint density at radius 3 is 1.36 bits per heavy atom. The van der Waals surface area contributed by atoms with Gasteiger partial charge in [0.2, 0.25) is 11.6 Å². The van der Waals surface area contributed by atoms with E-state index in [0.717, 1.165) is 81.1 Å². The third-order valence-electron chi connectivity index (χ3n) is 11.7. The first-order valence-corrected chi connectivity index (χ1v) is 22.7. The van der Waals surface area contributed by atoms with Gasteiger partial charge in [-0.15, -0.1) is 20.4 Å². The SMILES string of the molecule is CCCCc1nc(Cl)c(C(=O)[O-])n1Cc1cccc2c1ccn2-c1ccccc1-c1nn[nH]n1.CCCCc1nc(Cl)c(C(=O)[O-])n1Cc1cccc2c1ccn2-c1ccccc1-c1nn[nH]n1.[Li+].[Li+]. The zero-order valence-electron chi connectivity index (χ0n) is 38.8. The van der Waals surface area contributed by atoms with Crippen molar-refractivity contribution >= 4 is 56.9 Å². The van der Waals surface area contributed by atoms with Crippen molar-refractivity contribution in [2.45, 2.75) is 65.5 Å². The van der Waals surface area contributed by atoms with Crippen LogP contribution in [0.3, 0.4) is 0 Å². The van der Waals surface area contributed by atoms with Gasteiger partial charge in [-0.2, -0.15) is 10.4 Å². The number of rotatable bonds is 16. The Hall–Kier alpha value is -6.77. The molecule has 18 nitrogen and oxygen atoms in total. The van der Waals surface area contributed by atoms with Crippen LogP contribution < -0.4 is 47.9 Å². The molecule has 4 aromatic carbocycles. The number of aromatic amines is 2. The number of fused-ring (bicyclic) bond motifs is 2. The minimum Gasteiger partial charge on any atom is -0.543 e. The standard InChI is InChI=1S/2C24H22ClN7O2.2Li/c2*1-2-3-11-20-26-22(25)21(24(33)34)32(20)14-15-7-6-10-18-16(15)12-13-31(18)19-9-5-4-8-17(19)23-27-29-30-28-23;;/h2*4-10,12-13H,2-3,11,14H2,1H3,(H,33,34)(H,27,28,29,30);;/q;;2*+1/p-2. The predicted molar refractivity (Wildman–Crippen MR) is 251 cm³/mol. The molecule has 0 aliphatic rings. The van der Waals surface area contributed by atoms with Crippen molar-refractivity contribution in [3.63, 3.8) is 0 Å². The number of tetrazole rings is 2. The Bertz CT molecular complexity index is 3180. The number of para-hydroxylation sites is 2. The van der Waals surface area contributed by atoms with Crippen LogP contribution in [0.5, 0.6) is 0 Å². The van der Waals surface area contributed by atoms with Crippen LogP contribution in [0.15, 0.2) is 109 Å². The van der Waals surface area contributed by atoms with Gasteiger partial charge in [0.15, 0.2) is 10.3 Å². The van der Waals surface area contributed by atoms with E-state index in [0.29, 0.717) is 49.2 Å². The molecule has 2 N–H and O–H groups in total. The second kappa shape index (κ2) is 22.8. The summed E-state index contributed by atoms with van der Waals surface area (Å²) in [7, 11) is 0. The quantitative estimate of drug-likeness (QED) is 0.128. The topological polar surface area (TPSA) is 235 Å². The molecule has 10 aromatic rings. The number of H-pyrrole nitrogens is 2. The molecular formula is C48H42Cl2Li2N14O4. The number of imidazole rings is 2. The van der Waals surface area contributed by atoms with Crippen LogP contribution in [-0.4, -0.2) is 81.4 Å². The number of aromatic carboxylic acids is 2. The van der Waals surface area contributed by atoms with Crippen molar-refractivity contribution in [1.29, 1.82) is 0 Å². The van der Waals surface area contributed by atoms with E-state index in [9.17, 15) is 19.8 Å². The molecule has 6 heterocycles. The van der Waals surface area contributed by atoms with Crippen molar-refractivity contribution in [2.75, 3.05) is 0 Å². The van der Waals surface area contributed by atoms with E-state index in [-0.39, 0.29) is 59.4 Å². The first-order chi connectivity index (χ1) is 33.2. The van der Waals surface area contributed by atoms with E-state index < -0.39 is 11.9 Å². The van der Waals surface area contributed by atoms with E-state index in [1.807, 2.05) is 109 Å². The summed E-state index contributed by atoms with van der Waals surface area (Å²) in [5, 5.41) is 54.5. The first-order valence-electron chi connectivity index (χ1n) is 21.9. The Morgan fingerprint density at radius 1 is 0.571 bits per heavy atom. The van der Waals surface area contributed by atoms with Gasteiger partial charge in [0.25, 0.3) is 0 Å². The van der Waals surface area contributed by atoms with Crippen LogP contribution in [-0.2, 0) is 25.9 Å². The summed E-state index contributed by atoms with van der Waals surface area (Å²) in [4.78, 5) is 32.3. The minimum absolute atomic E-state index is 0. The van der Waals surface area contributed by atoms with Gasteiger partial charge in [0.1, 0.15) is 23.0 Å². The third kappa shape index (κ3) is 10.2. The van der Waals surface area contributed by atoms with Crippen molar-refractivity contribution < 1.29 is 57.5 Å². The molecule has 22 heteroatoms. The molecule has 0 aliphatic heterocycles. The second-order valence-corrected chi connectivity index (χ2v) is 16.6. The Labute approximate surface area is 434 Å². The molecule has 0 spiro atoms. The van der Waals surface area contributed by atoms with E-state index in [2.05, 4.69) is 74.2 Å². The summed E-state index contributed by atoms with van der Waals surface area (Å²) in [5.41, 5.74) is 7.11. The number of halogens is 2. The molecule has 0 saturated carbocycles. The molecule has 0 radical (unpaired) electrons. The number of hydrogen-bond acceptors (Lipinski definition) is 12. The van der Waals surface area contributed by atoms with Gasteiger partial charge in [-0.25, -0.2) is 9.97 Å². The van der Waals surface area contributed by atoms with Gasteiger partial charge in [0, 0.05) is 47.1 Å². The maximum absolute atomic E-state index is 11.8. The van der Waals surface area contributed by atoms with Crippen molar-refractivity contribution in [3.8, 4) is 34.2 Å². The fraction of sp³-hybridized carbons (Fsp3) is 0.208. The molecule has 0 amide bonds. The number of carboxylic acids is 2. The van der Waals surface area contributed by atoms with Crippen LogP contribution in [0.4, 0.5) is 0 Å². The fourth-order valence-electron chi connectivity index (χ4n) is 8.51. The smallest absolute Gasteiger partial charge is 0.543 e. The van der Waals surface area contributed by atoms with Crippen LogP contribution in [0.2, 0.25) is 10.3 Å². The number of carbonyl (C=O) groups is 2. The average molecular weight is 964 g/mol. The van der Waals surface area contributed by atoms with Crippen LogP contribution in [0.1, 0.15) is 83.3 Å². The van der Waals surface area contributed by atoms with Gasteiger partial charge in [-0.1, -0.05) is 98.4 Å². The van der Waals surface area contributed by atoms with Crippen molar-refractivity contribution in [2.24, 2.45) is 0 Å². The summed E-state index contributed by atoms with van der Waals surface area (Å²) < 4.78 is 7.44. The van der Waals surface area contributed by atoms with E-state index in [1.54, 1.807) is 9.13 Å². The van der Waals surface area contributed by atoms with E-state index >= 15 is 0 Å². The number of aryl methyl sites for hydroxylation is 2. The van der Waals surface area contributed by atoms with Gasteiger partial charge < -0.3 is 38.1 Å². The molecule has 344 valence electrons. The summed E-state index contributed by atoms with van der Waals surface area (Å²) in [6, 6.07) is 31.5. The molecule has 0 bridgehead atoms. The first kappa shape index (κ1) is 51.1. The number of unbranched alkanes of at least 4 members (excludes halogenated alkanes) is 2. The number of nitrogens with one attached hydrogen (secondary N) is 2. The van der Waals surface area contributed by atoms with Gasteiger partial charge in [-0.05, 0) is 82.9 Å². The molecule has 70 heavy (non-hydrogen) atoms. The molecule has 0 unspecified atom stereocenters. The molecule has 10 rings (SSSR count). The predicted octanol–water partition coefficient (Wildman–Crippen LogP) is 0.838. The number of benzene rings is 4. The Balaban J connectivity index is 0.000000201. The average Bonchev–Trinajstić information content (AvgIpc) is 4.21. The molecule has 0 saturated heterocycles. The van der Waals surface area contributed by atoms with Gasteiger partial charge in [-0.3, -0.25) is 0 Å². The largest absolute Gasteiger partial charge is 1.00 e. The number of hydrogen-bond donors (Lipinski definition) is 2. The summed E-state index contributed by atoms with van der Waals surface area (Å²) >= 11 is 12.4. The number of carbonyl (C=O) groups excluding carboxylic acids is 2. The Kier molecular flexibility index (Phi) is 16.6. The maximum atomic E-state index is 11.8. The zero-order valence-corrected chi connectivity index (χ0v) is 40.3. The fourth-order valence-corrected chi connectivity index (χ4v) is 9.07. The summed E-state index contributed by atoms with van der Waals surface area (Å²) in [6.45, 7) is 4.78. The number of aromatic nitrogens is 14. The summed E-state index contributed by atoms with van der Waals surface area (Å²) in [5.74, 6) is -0.380. The zero-order chi connectivity index (χ0) is 47.3. The monoisotopic (exact) mass is 962 g/mol. The Morgan fingerprint density at radius 2 is 0.986 bits per heavy atom. The molecule has 0 fully saturated rings. The number of nitrogens with zero attached hydrogens (tertiary/aromatic N) is 12. The van der Waals surface area contributed by atoms with Crippen LogP contribution >= 0.6 is 23.2 Å². The van der Waals surface area contributed by atoms with Gasteiger partial charge >= 0.3 is 37.7 Å². The normalized spacial score (nSPS) is 11.0. The number of carboxylic acid groups (broad SMARTS) is 2. The van der Waals surface area contributed by atoms with Gasteiger partial charge in [0.05, 0.1) is 47.4 Å². The molecule has 0 aliphatic carbocycles. The van der Waals surface area contributed by atoms with Crippen LogP contribution in [0.25, 0.3) is 56.0 Å². The van der Waals surface area contributed by atoms with E-state index in [4.69, 9.17) is 23.2 Å². The van der Waals surface area contributed by atoms with E-state index in [1.165, 1.54) is 0 Å². The third-order valence-corrected chi connectivity index (χ3v) is 12.2. The molecule has 6 aromatic heterocycles. The molecular weight excluding hydrogens is 921 g/mol.